The summed E-state index contributed by atoms with van der Waals surface area (Å²) in [6.07, 6.45) is 3.26. The Hall–Kier alpha value is -0.590. The second-order valence-electron chi connectivity index (χ2n) is 4.54. The van der Waals surface area contributed by atoms with Gasteiger partial charge < -0.3 is 10.6 Å². The molecule has 3 nitrogen and oxygen atoms in total. The van der Waals surface area contributed by atoms with Crippen LogP contribution in [0.4, 0.5) is 0 Å². The normalized spacial score (nSPS) is 11.7. The van der Waals surface area contributed by atoms with E-state index < -0.39 is 0 Å². The van der Waals surface area contributed by atoms with Gasteiger partial charge in [0.1, 0.15) is 0 Å². The first-order valence-corrected chi connectivity index (χ1v) is 5.32. The van der Waals surface area contributed by atoms with E-state index in [1.54, 1.807) is 0 Å². The third-order valence-corrected chi connectivity index (χ3v) is 2.41. The van der Waals surface area contributed by atoms with Crippen LogP contribution in [0.15, 0.2) is 0 Å². The number of likely N-dealkylation sites (N-methyl/N-ethyl adjacent to an activating group) is 1. The summed E-state index contributed by atoms with van der Waals surface area (Å²) >= 11 is 0. The first kappa shape index (κ1) is 13.4. The fraction of sp³-hybridized carbons (Fsp3) is 0.909. The van der Waals surface area contributed by atoms with Crippen molar-refractivity contribution in [1.82, 2.24) is 4.90 Å². The van der Waals surface area contributed by atoms with Gasteiger partial charge in [-0.15, -0.1) is 0 Å². The summed E-state index contributed by atoms with van der Waals surface area (Å²) < 4.78 is 0. The molecular weight excluding hydrogens is 174 g/mol. The van der Waals surface area contributed by atoms with Gasteiger partial charge in [-0.1, -0.05) is 6.42 Å². The minimum atomic E-state index is -0.160. The topological polar surface area (TPSA) is 53.0 Å². The highest BCUT2D eigenvalue weighted by Gasteiger charge is 2.15. The summed E-state index contributed by atoms with van der Waals surface area (Å²) in [6.45, 7) is 6.76. The highest BCUT2D eigenvalue weighted by Crippen LogP contribution is 2.21. The molecule has 0 aliphatic heterocycles. The van der Waals surface area contributed by atoms with E-state index in [1.165, 1.54) is 0 Å². The third kappa shape index (κ3) is 6.88. The molecule has 0 aliphatic rings. The molecule has 0 aromatic rings. The second-order valence-corrected chi connectivity index (χ2v) is 4.54. The lowest BCUT2D eigenvalue weighted by Gasteiger charge is -2.17. The predicted molar refractivity (Wildman–Crippen MR) is 59.8 cm³/mol. The van der Waals surface area contributed by atoms with Crippen molar-refractivity contribution in [3.8, 4) is 6.07 Å². The molecule has 0 atom stereocenters. The van der Waals surface area contributed by atoms with E-state index in [9.17, 15) is 0 Å². The van der Waals surface area contributed by atoms with E-state index in [0.717, 1.165) is 38.9 Å². The number of hydrogen-bond acceptors (Lipinski definition) is 3. The average Bonchev–Trinajstić information content (AvgIpc) is 2.13. The highest BCUT2D eigenvalue weighted by molar-refractivity contribution is 4.91. The quantitative estimate of drug-likeness (QED) is 0.631. The number of nitriles is 1. The standard InChI is InChI=1S/C11H23N3/c1-11(2,10-13)6-4-5-8-14(3)9-7-12/h4-9,12H2,1-3H3. The number of nitrogens with zero attached hydrogens (tertiary/aromatic N) is 2. The Morgan fingerprint density at radius 2 is 1.93 bits per heavy atom. The second kappa shape index (κ2) is 6.80. The lowest BCUT2D eigenvalue weighted by molar-refractivity contribution is 0.321. The Morgan fingerprint density at radius 3 is 2.43 bits per heavy atom. The fourth-order valence-electron chi connectivity index (χ4n) is 1.34. The van der Waals surface area contributed by atoms with Gasteiger partial charge in [0, 0.05) is 13.1 Å². The minimum absolute atomic E-state index is 0.160. The maximum atomic E-state index is 8.81. The number of unbranched alkanes of at least 4 members (excludes halogenated alkanes) is 1. The van der Waals surface area contributed by atoms with Crippen molar-refractivity contribution >= 4 is 0 Å². The summed E-state index contributed by atoms with van der Waals surface area (Å²) in [5.74, 6) is 0. The van der Waals surface area contributed by atoms with Crippen LogP contribution < -0.4 is 5.73 Å². The van der Waals surface area contributed by atoms with Crippen LogP contribution >= 0.6 is 0 Å². The van der Waals surface area contributed by atoms with Crippen LogP contribution in [0.3, 0.4) is 0 Å². The maximum Gasteiger partial charge on any atom is 0.0683 e. The van der Waals surface area contributed by atoms with Crippen molar-refractivity contribution in [2.75, 3.05) is 26.7 Å². The number of rotatable bonds is 7. The van der Waals surface area contributed by atoms with Crippen molar-refractivity contribution in [3.63, 3.8) is 0 Å². The Labute approximate surface area is 87.9 Å². The Bertz CT molecular complexity index is 181. The summed E-state index contributed by atoms with van der Waals surface area (Å²) in [4.78, 5) is 2.24. The molecule has 0 saturated carbocycles. The molecule has 0 aromatic carbocycles. The highest BCUT2D eigenvalue weighted by atomic mass is 15.1. The zero-order chi connectivity index (χ0) is 11.0. The summed E-state index contributed by atoms with van der Waals surface area (Å²) in [5, 5.41) is 8.81. The SMILES string of the molecule is CN(CCN)CCCCC(C)(C)C#N. The predicted octanol–water partition coefficient (Wildman–Crippen LogP) is 1.60. The van der Waals surface area contributed by atoms with E-state index in [-0.39, 0.29) is 5.41 Å². The number of hydrogen-bond donors (Lipinski definition) is 1. The van der Waals surface area contributed by atoms with E-state index in [2.05, 4.69) is 18.0 Å². The molecular formula is C11H23N3. The zero-order valence-electron chi connectivity index (χ0n) is 9.71. The van der Waals surface area contributed by atoms with Crippen molar-refractivity contribution in [2.45, 2.75) is 33.1 Å². The monoisotopic (exact) mass is 197 g/mol. The van der Waals surface area contributed by atoms with Gasteiger partial charge in [-0.3, -0.25) is 0 Å². The van der Waals surface area contributed by atoms with Gasteiger partial charge in [0.15, 0.2) is 0 Å². The van der Waals surface area contributed by atoms with Gasteiger partial charge in [-0.25, -0.2) is 0 Å². The molecule has 0 fully saturated rings. The first-order chi connectivity index (χ1) is 6.52. The van der Waals surface area contributed by atoms with Crippen molar-refractivity contribution < 1.29 is 0 Å². The summed E-state index contributed by atoms with van der Waals surface area (Å²) in [7, 11) is 2.09. The molecule has 0 aromatic heterocycles. The lowest BCUT2D eigenvalue weighted by Crippen LogP contribution is -2.26. The lowest BCUT2D eigenvalue weighted by atomic mass is 9.89. The molecule has 0 bridgehead atoms. The molecule has 0 saturated heterocycles. The van der Waals surface area contributed by atoms with Crippen molar-refractivity contribution in [1.29, 1.82) is 5.26 Å². The summed E-state index contributed by atoms with van der Waals surface area (Å²) in [6, 6.07) is 2.32. The van der Waals surface area contributed by atoms with Crippen molar-refractivity contribution in [3.05, 3.63) is 0 Å². The van der Waals surface area contributed by atoms with Gasteiger partial charge in [0.25, 0.3) is 0 Å². The molecule has 3 heteroatoms. The van der Waals surface area contributed by atoms with Crippen LogP contribution in [-0.2, 0) is 0 Å². The Balaban J connectivity index is 3.43. The van der Waals surface area contributed by atoms with Crippen LogP contribution in [0.2, 0.25) is 0 Å². The van der Waals surface area contributed by atoms with Crippen molar-refractivity contribution in [2.24, 2.45) is 11.1 Å². The van der Waals surface area contributed by atoms with Crippen LogP contribution in [0.1, 0.15) is 33.1 Å². The molecule has 2 N–H and O–H groups in total. The largest absolute Gasteiger partial charge is 0.329 e. The molecule has 0 spiro atoms. The average molecular weight is 197 g/mol. The van der Waals surface area contributed by atoms with Gasteiger partial charge in [0.05, 0.1) is 11.5 Å². The molecule has 0 amide bonds. The van der Waals surface area contributed by atoms with Gasteiger partial charge in [0.2, 0.25) is 0 Å². The first-order valence-electron chi connectivity index (χ1n) is 5.32. The van der Waals surface area contributed by atoms with Crippen LogP contribution in [0.25, 0.3) is 0 Å². The smallest absolute Gasteiger partial charge is 0.0683 e. The Morgan fingerprint density at radius 1 is 1.29 bits per heavy atom. The molecule has 0 heterocycles. The van der Waals surface area contributed by atoms with E-state index >= 15 is 0 Å². The molecule has 0 aliphatic carbocycles. The molecule has 82 valence electrons. The van der Waals surface area contributed by atoms with Crippen LogP contribution in [-0.4, -0.2) is 31.6 Å². The van der Waals surface area contributed by atoms with E-state index in [4.69, 9.17) is 11.0 Å². The molecule has 0 rings (SSSR count). The molecule has 0 radical (unpaired) electrons. The fourth-order valence-corrected chi connectivity index (χ4v) is 1.34. The Kier molecular flexibility index (Phi) is 6.52. The maximum absolute atomic E-state index is 8.81. The van der Waals surface area contributed by atoms with Gasteiger partial charge in [-0.2, -0.15) is 5.26 Å². The van der Waals surface area contributed by atoms with E-state index in [0.29, 0.717) is 0 Å². The van der Waals surface area contributed by atoms with Crippen LogP contribution in [0.5, 0.6) is 0 Å². The van der Waals surface area contributed by atoms with Crippen LogP contribution in [0, 0.1) is 16.7 Å². The summed E-state index contributed by atoms with van der Waals surface area (Å²) in [5.41, 5.74) is 5.28. The molecule has 14 heavy (non-hydrogen) atoms. The zero-order valence-corrected chi connectivity index (χ0v) is 9.71. The number of nitrogens with two attached hydrogens (primary N) is 1. The third-order valence-electron chi connectivity index (χ3n) is 2.41. The van der Waals surface area contributed by atoms with Gasteiger partial charge >= 0.3 is 0 Å². The molecule has 0 unspecified atom stereocenters. The van der Waals surface area contributed by atoms with Gasteiger partial charge in [-0.05, 0) is 40.3 Å². The van der Waals surface area contributed by atoms with E-state index in [1.807, 2.05) is 13.8 Å². The minimum Gasteiger partial charge on any atom is -0.329 e.